The highest BCUT2D eigenvalue weighted by Gasteiger charge is 2.31. The van der Waals surface area contributed by atoms with Gasteiger partial charge in [0.2, 0.25) is 0 Å². The van der Waals surface area contributed by atoms with Gasteiger partial charge >= 0.3 is 0 Å². The molecule has 1 fully saturated rings. The standard InChI is InChI=1S/C13H25N3/c1-10-6-5-7-16(12(10)3)11(2)8-13(4,15)9-14/h10-12H,5-8,15H2,1-4H3. The Hall–Kier alpha value is -0.590. The van der Waals surface area contributed by atoms with Gasteiger partial charge < -0.3 is 5.73 Å². The molecule has 1 aliphatic rings. The van der Waals surface area contributed by atoms with Gasteiger partial charge in [0.15, 0.2) is 0 Å². The highest BCUT2D eigenvalue weighted by Crippen LogP contribution is 2.26. The molecule has 0 radical (unpaired) electrons. The molecule has 92 valence electrons. The van der Waals surface area contributed by atoms with E-state index in [0.717, 1.165) is 18.9 Å². The summed E-state index contributed by atoms with van der Waals surface area (Å²) in [5.74, 6) is 0.752. The zero-order valence-corrected chi connectivity index (χ0v) is 11.0. The predicted molar refractivity (Wildman–Crippen MR) is 66.9 cm³/mol. The first-order valence-corrected chi connectivity index (χ1v) is 6.33. The first kappa shape index (κ1) is 13.5. The SMILES string of the molecule is CC1CCCN(C(C)CC(C)(N)C#N)C1C. The maximum Gasteiger partial charge on any atom is 0.102 e. The number of piperidine rings is 1. The monoisotopic (exact) mass is 223 g/mol. The maximum atomic E-state index is 8.97. The largest absolute Gasteiger partial charge is 0.314 e. The highest BCUT2D eigenvalue weighted by molar-refractivity contribution is 5.03. The summed E-state index contributed by atoms with van der Waals surface area (Å²) < 4.78 is 0. The lowest BCUT2D eigenvalue weighted by molar-refractivity contribution is 0.0660. The first-order chi connectivity index (χ1) is 7.37. The molecule has 0 aromatic heterocycles. The Bertz CT molecular complexity index is 267. The van der Waals surface area contributed by atoms with Gasteiger partial charge in [-0.1, -0.05) is 6.92 Å². The van der Waals surface area contributed by atoms with Gasteiger partial charge in [0.1, 0.15) is 5.54 Å². The van der Waals surface area contributed by atoms with Crippen LogP contribution >= 0.6 is 0 Å². The topological polar surface area (TPSA) is 53.0 Å². The molecular formula is C13H25N3. The van der Waals surface area contributed by atoms with Gasteiger partial charge in [-0.15, -0.1) is 0 Å². The molecule has 2 N–H and O–H groups in total. The number of hydrogen-bond donors (Lipinski definition) is 1. The molecule has 1 rings (SSSR count). The van der Waals surface area contributed by atoms with Gasteiger partial charge in [-0.25, -0.2) is 0 Å². The van der Waals surface area contributed by atoms with Crippen molar-refractivity contribution in [3.63, 3.8) is 0 Å². The lowest BCUT2D eigenvalue weighted by Gasteiger charge is -2.43. The van der Waals surface area contributed by atoms with E-state index in [1.54, 1.807) is 0 Å². The van der Waals surface area contributed by atoms with Crippen molar-refractivity contribution in [2.75, 3.05) is 6.54 Å². The zero-order valence-electron chi connectivity index (χ0n) is 11.0. The van der Waals surface area contributed by atoms with Crippen molar-refractivity contribution in [2.45, 2.75) is 64.6 Å². The van der Waals surface area contributed by atoms with Crippen LogP contribution in [0, 0.1) is 17.2 Å². The van der Waals surface area contributed by atoms with E-state index in [4.69, 9.17) is 11.0 Å². The van der Waals surface area contributed by atoms with Crippen LogP contribution in [-0.2, 0) is 0 Å². The van der Waals surface area contributed by atoms with E-state index >= 15 is 0 Å². The third kappa shape index (κ3) is 3.20. The van der Waals surface area contributed by atoms with Crippen molar-refractivity contribution < 1.29 is 0 Å². The van der Waals surface area contributed by atoms with Crippen LogP contribution in [0.2, 0.25) is 0 Å². The molecule has 0 amide bonds. The van der Waals surface area contributed by atoms with Crippen molar-refractivity contribution in [1.82, 2.24) is 4.90 Å². The molecule has 0 saturated carbocycles. The quantitative estimate of drug-likeness (QED) is 0.797. The lowest BCUT2D eigenvalue weighted by atomic mass is 9.88. The summed E-state index contributed by atoms with van der Waals surface area (Å²) in [7, 11) is 0. The Balaban J connectivity index is 2.60. The van der Waals surface area contributed by atoms with E-state index in [1.807, 2.05) is 6.92 Å². The van der Waals surface area contributed by atoms with E-state index < -0.39 is 5.54 Å². The minimum absolute atomic E-state index is 0.396. The Kier molecular flexibility index (Phi) is 4.35. The Morgan fingerprint density at radius 1 is 1.56 bits per heavy atom. The van der Waals surface area contributed by atoms with Crippen molar-refractivity contribution >= 4 is 0 Å². The van der Waals surface area contributed by atoms with Gasteiger partial charge in [-0.05, 0) is 52.5 Å². The second-order valence-electron chi connectivity index (χ2n) is 5.68. The van der Waals surface area contributed by atoms with Crippen molar-refractivity contribution in [1.29, 1.82) is 5.26 Å². The maximum absolute atomic E-state index is 8.97. The van der Waals surface area contributed by atoms with Gasteiger partial charge in [0.05, 0.1) is 6.07 Å². The number of likely N-dealkylation sites (tertiary alicyclic amines) is 1. The van der Waals surface area contributed by atoms with E-state index in [0.29, 0.717) is 12.1 Å². The van der Waals surface area contributed by atoms with Gasteiger partial charge in [0.25, 0.3) is 0 Å². The highest BCUT2D eigenvalue weighted by atomic mass is 15.2. The molecule has 16 heavy (non-hydrogen) atoms. The van der Waals surface area contributed by atoms with Crippen molar-refractivity contribution in [3.8, 4) is 6.07 Å². The molecule has 0 spiro atoms. The Labute approximate surface area is 99.6 Å². The zero-order chi connectivity index (χ0) is 12.3. The molecule has 4 atom stereocenters. The van der Waals surface area contributed by atoms with Crippen LogP contribution in [0.4, 0.5) is 0 Å². The molecule has 0 aromatic rings. The molecule has 1 aliphatic heterocycles. The fourth-order valence-electron chi connectivity index (χ4n) is 2.77. The molecular weight excluding hydrogens is 198 g/mol. The smallest absolute Gasteiger partial charge is 0.102 e. The second kappa shape index (κ2) is 5.16. The summed E-state index contributed by atoms with van der Waals surface area (Å²) in [6.07, 6.45) is 3.34. The molecule has 0 aromatic carbocycles. The van der Waals surface area contributed by atoms with Crippen LogP contribution in [0.25, 0.3) is 0 Å². The summed E-state index contributed by atoms with van der Waals surface area (Å²) in [6, 6.07) is 3.19. The summed E-state index contributed by atoms with van der Waals surface area (Å²) in [5.41, 5.74) is 5.22. The summed E-state index contributed by atoms with van der Waals surface area (Å²) in [5, 5.41) is 8.97. The van der Waals surface area contributed by atoms with E-state index in [-0.39, 0.29) is 0 Å². The van der Waals surface area contributed by atoms with E-state index in [9.17, 15) is 0 Å². The molecule has 3 nitrogen and oxygen atoms in total. The molecule has 0 aliphatic carbocycles. The summed E-state index contributed by atoms with van der Waals surface area (Å²) >= 11 is 0. The third-order valence-electron chi connectivity index (χ3n) is 3.96. The Morgan fingerprint density at radius 2 is 2.19 bits per heavy atom. The van der Waals surface area contributed by atoms with Gasteiger partial charge in [-0.3, -0.25) is 4.90 Å². The average molecular weight is 223 g/mol. The first-order valence-electron chi connectivity index (χ1n) is 6.33. The molecule has 3 heteroatoms. The molecule has 0 bridgehead atoms. The predicted octanol–water partition coefficient (Wildman–Crippen LogP) is 2.13. The number of nitriles is 1. The number of hydrogen-bond acceptors (Lipinski definition) is 3. The lowest BCUT2D eigenvalue weighted by Crippen LogP contribution is -2.51. The number of nitrogens with zero attached hydrogens (tertiary/aromatic N) is 2. The van der Waals surface area contributed by atoms with E-state index in [1.165, 1.54) is 12.8 Å². The average Bonchev–Trinajstić information content (AvgIpc) is 2.21. The number of rotatable bonds is 3. The minimum Gasteiger partial charge on any atom is -0.314 e. The normalized spacial score (nSPS) is 32.8. The van der Waals surface area contributed by atoms with Crippen LogP contribution in [0.3, 0.4) is 0 Å². The van der Waals surface area contributed by atoms with Crippen LogP contribution in [-0.4, -0.2) is 29.1 Å². The van der Waals surface area contributed by atoms with Crippen LogP contribution < -0.4 is 5.73 Å². The Morgan fingerprint density at radius 3 is 2.75 bits per heavy atom. The third-order valence-corrected chi connectivity index (χ3v) is 3.96. The van der Waals surface area contributed by atoms with Crippen LogP contribution in [0.15, 0.2) is 0 Å². The molecule has 1 heterocycles. The number of nitrogens with two attached hydrogens (primary N) is 1. The minimum atomic E-state index is -0.695. The van der Waals surface area contributed by atoms with Crippen LogP contribution in [0.5, 0.6) is 0 Å². The summed E-state index contributed by atoms with van der Waals surface area (Å²) in [6.45, 7) is 9.77. The molecule has 4 unspecified atom stereocenters. The fourth-order valence-corrected chi connectivity index (χ4v) is 2.77. The van der Waals surface area contributed by atoms with Gasteiger partial charge in [-0.2, -0.15) is 5.26 Å². The summed E-state index contributed by atoms with van der Waals surface area (Å²) in [4.78, 5) is 2.51. The fraction of sp³-hybridized carbons (Fsp3) is 0.923. The van der Waals surface area contributed by atoms with E-state index in [2.05, 4.69) is 31.7 Å². The van der Waals surface area contributed by atoms with Crippen LogP contribution in [0.1, 0.15) is 47.0 Å². The van der Waals surface area contributed by atoms with Crippen molar-refractivity contribution in [3.05, 3.63) is 0 Å². The van der Waals surface area contributed by atoms with Gasteiger partial charge in [0, 0.05) is 12.1 Å². The second-order valence-corrected chi connectivity index (χ2v) is 5.68. The van der Waals surface area contributed by atoms with Crippen molar-refractivity contribution in [2.24, 2.45) is 11.7 Å². The molecule has 1 saturated heterocycles.